The van der Waals surface area contributed by atoms with E-state index in [0.717, 1.165) is 5.56 Å². The van der Waals surface area contributed by atoms with Crippen LogP contribution in [0.25, 0.3) is 0 Å². The molecule has 1 aromatic carbocycles. The number of nitrogens with zero attached hydrogens (tertiary/aromatic N) is 3. The van der Waals surface area contributed by atoms with Gasteiger partial charge in [-0.1, -0.05) is 45.0 Å². The number of benzene rings is 1. The van der Waals surface area contributed by atoms with Crippen LogP contribution in [0.4, 0.5) is 0 Å². The lowest BCUT2D eigenvalue weighted by atomic mass is 9.96. The first kappa shape index (κ1) is 18.8. The van der Waals surface area contributed by atoms with Crippen LogP contribution in [0, 0.1) is 19.3 Å². The maximum Gasteiger partial charge on any atom is 0.252 e. The van der Waals surface area contributed by atoms with Crippen molar-refractivity contribution < 1.29 is 13.2 Å². The quantitative estimate of drug-likeness (QED) is 0.809. The molecular formula is C19H25N3O3S. The highest BCUT2D eigenvalue weighted by Crippen LogP contribution is 2.29. The highest BCUT2D eigenvalue weighted by atomic mass is 32.2. The summed E-state index contributed by atoms with van der Waals surface area (Å²) >= 11 is 0. The van der Waals surface area contributed by atoms with Gasteiger partial charge in [0.2, 0.25) is 10.0 Å². The molecule has 140 valence electrons. The molecule has 7 heteroatoms. The third-order valence-corrected chi connectivity index (χ3v) is 6.85. The molecule has 2 aromatic rings. The normalized spacial score (nSPS) is 15.7. The molecule has 0 aliphatic carbocycles. The van der Waals surface area contributed by atoms with Gasteiger partial charge in [-0.15, -0.1) is 0 Å². The molecule has 0 unspecified atom stereocenters. The molecule has 0 fully saturated rings. The highest BCUT2D eigenvalue weighted by molar-refractivity contribution is 7.89. The van der Waals surface area contributed by atoms with Crippen LogP contribution >= 0.6 is 0 Å². The Morgan fingerprint density at radius 2 is 1.73 bits per heavy atom. The summed E-state index contributed by atoms with van der Waals surface area (Å²) in [7, 11) is -3.73. The van der Waals surface area contributed by atoms with Crippen molar-refractivity contribution in [3.63, 3.8) is 0 Å². The van der Waals surface area contributed by atoms with Crippen LogP contribution < -0.4 is 0 Å². The predicted octanol–water partition coefficient (Wildman–Crippen LogP) is 2.93. The first-order valence-corrected chi connectivity index (χ1v) is 10.2. The van der Waals surface area contributed by atoms with Crippen LogP contribution in [0.1, 0.15) is 48.1 Å². The Balaban J connectivity index is 2.01. The number of rotatable bonds is 2. The van der Waals surface area contributed by atoms with E-state index in [2.05, 4.69) is 5.10 Å². The maximum absolute atomic E-state index is 13.3. The number of hydrogen-bond acceptors (Lipinski definition) is 4. The minimum Gasteiger partial charge on any atom is -0.272 e. The molecule has 0 radical (unpaired) electrons. The first-order valence-electron chi connectivity index (χ1n) is 8.71. The summed E-state index contributed by atoms with van der Waals surface area (Å²) < 4.78 is 29.3. The second-order valence-electron chi connectivity index (χ2n) is 7.82. The summed E-state index contributed by atoms with van der Waals surface area (Å²) in [5.74, 6) is -0.219. The van der Waals surface area contributed by atoms with E-state index in [4.69, 9.17) is 0 Å². The topological polar surface area (TPSA) is 72.3 Å². The zero-order chi connectivity index (χ0) is 19.3. The maximum atomic E-state index is 13.3. The summed E-state index contributed by atoms with van der Waals surface area (Å²) in [6.07, 6.45) is 0.683. The Kier molecular flexibility index (Phi) is 4.56. The van der Waals surface area contributed by atoms with Crippen molar-refractivity contribution in [3.05, 3.63) is 46.8 Å². The molecule has 0 N–H and O–H groups in total. The Hall–Kier alpha value is -1.99. The van der Waals surface area contributed by atoms with Crippen molar-refractivity contribution in [1.29, 1.82) is 0 Å². The Morgan fingerprint density at radius 1 is 1.12 bits per heavy atom. The lowest BCUT2D eigenvalue weighted by Crippen LogP contribution is -2.36. The molecule has 0 amide bonds. The lowest BCUT2D eigenvalue weighted by molar-refractivity contribution is 0.0745. The third-order valence-electron chi connectivity index (χ3n) is 4.75. The van der Waals surface area contributed by atoms with Gasteiger partial charge in [-0.2, -0.15) is 9.40 Å². The fraction of sp³-hybridized carbons (Fsp3) is 0.474. The SMILES string of the molecule is Cc1nn(C(=O)C(C)(C)C)c(C)c1S(=O)(=O)N1CCc2ccccc2C1. The largest absolute Gasteiger partial charge is 0.272 e. The van der Waals surface area contributed by atoms with Gasteiger partial charge in [0.05, 0.1) is 11.4 Å². The first-order chi connectivity index (χ1) is 12.0. The monoisotopic (exact) mass is 375 g/mol. The Labute approximate surface area is 154 Å². The molecule has 6 nitrogen and oxygen atoms in total. The minimum atomic E-state index is -3.73. The van der Waals surface area contributed by atoms with E-state index < -0.39 is 15.4 Å². The molecule has 1 aromatic heterocycles. The smallest absolute Gasteiger partial charge is 0.252 e. The van der Waals surface area contributed by atoms with Crippen LogP contribution in [0.3, 0.4) is 0 Å². The van der Waals surface area contributed by atoms with Gasteiger partial charge in [0.1, 0.15) is 4.90 Å². The third kappa shape index (κ3) is 3.10. The molecule has 2 heterocycles. The van der Waals surface area contributed by atoms with E-state index >= 15 is 0 Å². The average Bonchev–Trinajstić information content (AvgIpc) is 2.87. The van der Waals surface area contributed by atoms with E-state index in [9.17, 15) is 13.2 Å². The molecule has 0 bridgehead atoms. The predicted molar refractivity (Wildman–Crippen MR) is 99.5 cm³/mol. The summed E-state index contributed by atoms with van der Waals surface area (Å²) in [4.78, 5) is 12.8. The van der Waals surface area contributed by atoms with Crippen molar-refractivity contribution >= 4 is 15.9 Å². The van der Waals surface area contributed by atoms with E-state index in [1.807, 2.05) is 24.3 Å². The van der Waals surface area contributed by atoms with Gasteiger partial charge in [-0.05, 0) is 31.4 Å². The second-order valence-corrected chi connectivity index (χ2v) is 9.70. The zero-order valence-corrected chi connectivity index (χ0v) is 16.7. The van der Waals surface area contributed by atoms with Crippen LogP contribution in [-0.4, -0.2) is 35.0 Å². The fourth-order valence-corrected chi connectivity index (χ4v) is 5.09. The van der Waals surface area contributed by atoms with Gasteiger partial charge < -0.3 is 0 Å². The molecule has 0 saturated carbocycles. The summed E-state index contributed by atoms with van der Waals surface area (Å²) in [5.41, 5.74) is 2.30. The molecule has 26 heavy (non-hydrogen) atoms. The summed E-state index contributed by atoms with van der Waals surface area (Å²) in [6.45, 7) is 9.44. The van der Waals surface area contributed by atoms with E-state index in [0.29, 0.717) is 30.9 Å². The van der Waals surface area contributed by atoms with Crippen molar-refractivity contribution in [2.75, 3.05) is 6.54 Å². The number of sulfonamides is 1. The molecule has 3 rings (SSSR count). The van der Waals surface area contributed by atoms with Crippen molar-refractivity contribution in [3.8, 4) is 0 Å². The van der Waals surface area contributed by atoms with E-state index in [1.165, 1.54) is 14.6 Å². The van der Waals surface area contributed by atoms with Crippen LogP contribution in [0.15, 0.2) is 29.2 Å². The number of aromatic nitrogens is 2. The molecule has 1 aliphatic rings. The van der Waals surface area contributed by atoms with Crippen molar-refractivity contribution in [1.82, 2.24) is 14.1 Å². The lowest BCUT2D eigenvalue weighted by Gasteiger charge is -2.28. The Bertz CT molecular complexity index is 968. The van der Waals surface area contributed by atoms with Crippen LogP contribution in [0.5, 0.6) is 0 Å². The van der Waals surface area contributed by atoms with Gasteiger partial charge >= 0.3 is 0 Å². The Morgan fingerprint density at radius 3 is 2.35 bits per heavy atom. The number of hydrogen-bond donors (Lipinski definition) is 0. The van der Waals surface area contributed by atoms with Gasteiger partial charge in [0.25, 0.3) is 5.91 Å². The van der Waals surface area contributed by atoms with Crippen LogP contribution in [0.2, 0.25) is 0 Å². The molecule has 0 spiro atoms. The number of carbonyl (C=O) groups is 1. The second kappa shape index (κ2) is 6.32. The van der Waals surface area contributed by atoms with E-state index in [-0.39, 0.29) is 10.8 Å². The van der Waals surface area contributed by atoms with E-state index in [1.54, 1.807) is 34.6 Å². The van der Waals surface area contributed by atoms with Gasteiger partial charge in [-0.3, -0.25) is 4.79 Å². The molecule has 0 saturated heterocycles. The zero-order valence-electron chi connectivity index (χ0n) is 15.9. The number of fused-ring (bicyclic) bond motifs is 1. The number of aryl methyl sites for hydroxylation is 1. The summed E-state index contributed by atoms with van der Waals surface area (Å²) in [5, 5.41) is 4.24. The molecule has 0 atom stereocenters. The van der Waals surface area contributed by atoms with Gasteiger partial charge in [-0.25, -0.2) is 13.1 Å². The van der Waals surface area contributed by atoms with Crippen molar-refractivity contribution in [2.24, 2.45) is 5.41 Å². The molecule has 1 aliphatic heterocycles. The standard InChI is InChI=1S/C19H25N3O3S/c1-13-17(14(2)22(20-13)18(23)19(3,4)5)26(24,25)21-11-10-15-8-6-7-9-16(15)12-21/h6-9H,10-12H2,1-5H3. The highest BCUT2D eigenvalue weighted by Gasteiger charge is 2.35. The van der Waals surface area contributed by atoms with Gasteiger partial charge in [0.15, 0.2) is 0 Å². The van der Waals surface area contributed by atoms with Gasteiger partial charge in [0, 0.05) is 18.5 Å². The molecular weight excluding hydrogens is 350 g/mol. The number of carbonyl (C=O) groups excluding carboxylic acids is 1. The van der Waals surface area contributed by atoms with Crippen LogP contribution in [-0.2, 0) is 23.0 Å². The van der Waals surface area contributed by atoms with Crippen molar-refractivity contribution in [2.45, 2.75) is 52.5 Å². The minimum absolute atomic E-state index is 0.148. The average molecular weight is 375 g/mol. The fourth-order valence-electron chi connectivity index (χ4n) is 3.32. The summed E-state index contributed by atoms with van der Waals surface area (Å²) in [6, 6.07) is 7.89.